The molecule has 0 aliphatic carbocycles. The second-order valence-electron chi connectivity index (χ2n) is 8.58. The molecular formula is C28H27N5O2. The zero-order valence-electron chi connectivity index (χ0n) is 20.2. The van der Waals surface area contributed by atoms with E-state index < -0.39 is 0 Å². The first kappa shape index (κ1) is 22.6. The molecule has 0 fully saturated rings. The van der Waals surface area contributed by atoms with E-state index >= 15 is 0 Å². The molecule has 0 radical (unpaired) electrons. The van der Waals surface area contributed by atoms with Gasteiger partial charge in [0.1, 0.15) is 11.6 Å². The highest BCUT2D eigenvalue weighted by Gasteiger charge is 2.21. The summed E-state index contributed by atoms with van der Waals surface area (Å²) in [5, 5.41) is 11.1. The van der Waals surface area contributed by atoms with E-state index in [2.05, 4.69) is 28.2 Å². The standard InChI is InChI=1S/C28H27N5O2/c1-32(2)28-25(18-8-6-5-7-9-18)27(35-4)21-14-19(10-11-22(21)31-28)24-20(16-34)12-13-30-26(24)23-15-29-17-33(23)3/h5-15,17,34H,16H2,1-4H3. The number of nitrogens with zero attached hydrogens (tertiary/aromatic N) is 5. The lowest BCUT2D eigenvalue weighted by Gasteiger charge is -2.21. The van der Waals surface area contributed by atoms with Crippen molar-refractivity contribution in [3.8, 4) is 39.4 Å². The van der Waals surface area contributed by atoms with Gasteiger partial charge >= 0.3 is 0 Å². The van der Waals surface area contributed by atoms with E-state index in [0.717, 1.165) is 61.7 Å². The summed E-state index contributed by atoms with van der Waals surface area (Å²) in [7, 11) is 7.59. The number of imidazole rings is 1. The molecule has 0 atom stereocenters. The zero-order chi connectivity index (χ0) is 24.5. The number of rotatable bonds is 6. The maximum absolute atomic E-state index is 10.2. The van der Waals surface area contributed by atoms with Crippen molar-refractivity contribution in [2.45, 2.75) is 6.61 Å². The quantitative estimate of drug-likeness (QED) is 0.383. The number of hydrogen-bond acceptors (Lipinski definition) is 6. The molecule has 0 saturated carbocycles. The molecule has 0 spiro atoms. The Hall–Kier alpha value is -4.23. The molecule has 3 aromatic heterocycles. The topological polar surface area (TPSA) is 76.3 Å². The highest BCUT2D eigenvalue weighted by atomic mass is 16.5. The van der Waals surface area contributed by atoms with Crippen molar-refractivity contribution in [1.82, 2.24) is 19.5 Å². The fourth-order valence-electron chi connectivity index (χ4n) is 4.51. The van der Waals surface area contributed by atoms with E-state index in [9.17, 15) is 5.11 Å². The van der Waals surface area contributed by atoms with Gasteiger partial charge in [-0.05, 0) is 34.9 Å². The van der Waals surface area contributed by atoms with Gasteiger partial charge in [-0.3, -0.25) is 4.98 Å². The Morgan fingerprint density at radius 1 is 1.00 bits per heavy atom. The summed E-state index contributed by atoms with van der Waals surface area (Å²) >= 11 is 0. The summed E-state index contributed by atoms with van der Waals surface area (Å²) in [6.07, 6.45) is 5.25. The van der Waals surface area contributed by atoms with Crippen molar-refractivity contribution >= 4 is 16.7 Å². The van der Waals surface area contributed by atoms with Gasteiger partial charge in [0, 0.05) is 38.3 Å². The molecule has 0 amide bonds. The first-order valence-corrected chi connectivity index (χ1v) is 11.3. The Morgan fingerprint density at radius 3 is 2.46 bits per heavy atom. The Balaban J connectivity index is 1.82. The number of aliphatic hydroxyl groups is 1. The minimum absolute atomic E-state index is 0.106. The van der Waals surface area contributed by atoms with Crippen molar-refractivity contribution in [3.05, 3.63) is 78.9 Å². The average molecular weight is 466 g/mol. The molecule has 1 N–H and O–H groups in total. The zero-order valence-corrected chi connectivity index (χ0v) is 20.2. The minimum atomic E-state index is -0.106. The molecule has 0 bridgehead atoms. The number of aromatic nitrogens is 4. The van der Waals surface area contributed by atoms with E-state index in [-0.39, 0.29) is 6.61 Å². The highest BCUT2D eigenvalue weighted by molar-refractivity contribution is 6.00. The molecule has 3 heterocycles. The second kappa shape index (κ2) is 9.19. The molecule has 0 unspecified atom stereocenters. The lowest BCUT2D eigenvalue weighted by Crippen LogP contribution is -2.13. The maximum Gasteiger partial charge on any atom is 0.140 e. The number of aliphatic hydroxyl groups excluding tert-OH is 1. The molecule has 0 saturated heterocycles. The predicted molar refractivity (Wildman–Crippen MR) is 139 cm³/mol. The van der Waals surface area contributed by atoms with Crippen molar-refractivity contribution in [2.75, 3.05) is 26.1 Å². The van der Waals surface area contributed by atoms with E-state index in [1.54, 1.807) is 25.8 Å². The number of hydrogen-bond donors (Lipinski definition) is 1. The van der Waals surface area contributed by atoms with Crippen LogP contribution in [0.2, 0.25) is 0 Å². The molecule has 0 aliphatic rings. The van der Waals surface area contributed by atoms with Crippen molar-refractivity contribution < 1.29 is 9.84 Å². The summed E-state index contributed by atoms with van der Waals surface area (Å²) in [6.45, 7) is -0.106. The van der Waals surface area contributed by atoms with Gasteiger partial charge < -0.3 is 19.3 Å². The van der Waals surface area contributed by atoms with Crippen LogP contribution < -0.4 is 9.64 Å². The first-order chi connectivity index (χ1) is 17.0. The van der Waals surface area contributed by atoms with Crippen LogP contribution in [0.15, 0.2) is 73.3 Å². The fourth-order valence-corrected chi connectivity index (χ4v) is 4.51. The number of ether oxygens (including phenoxy) is 1. The number of pyridine rings is 2. The molecule has 176 valence electrons. The van der Waals surface area contributed by atoms with Gasteiger partial charge in [-0.25, -0.2) is 9.97 Å². The van der Waals surface area contributed by atoms with Crippen LogP contribution in [0.1, 0.15) is 5.56 Å². The molecule has 5 rings (SSSR count). The van der Waals surface area contributed by atoms with Crippen LogP contribution in [0.25, 0.3) is 44.5 Å². The third kappa shape index (κ3) is 3.90. The van der Waals surface area contributed by atoms with E-state index in [1.807, 2.05) is 67.0 Å². The van der Waals surface area contributed by atoms with E-state index in [1.165, 1.54) is 0 Å². The molecule has 35 heavy (non-hydrogen) atoms. The number of benzene rings is 2. The normalized spacial score (nSPS) is 11.1. The smallest absolute Gasteiger partial charge is 0.140 e. The van der Waals surface area contributed by atoms with Gasteiger partial charge in [0.25, 0.3) is 0 Å². The third-order valence-electron chi connectivity index (χ3n) is 6.16. The molecule has 7 nitrogen and oxygen atoms in total. The van der Waals surface area contributed by atoms with Crippen LogP contribution in [0.5, 0.6) is 5.75 Å². The lowest BCUT2D eigenvalue weighted by atomic mass is 9.94. The molecule has 5 aromatic rings. The number of methoxy groups -OCH3 is 1. The van der Waals surface area contributed by atoms with Crippen LogP contribution in [0.3, 0.4) is 0 Å². The molecule has 7 heteroatoms. The Bertz CT molecular complexity index is 1510. The Labute approximate surface area is 204 Å². The van der Waals surface area contributed by atoms with Crippen LogP contribution in [-0.4, -0.2) is 45.8 Å². The van der Waals surface area contributed by atoms with Gasteiger partial charge in [0.15, 0.2) is 0 Å². The van der Waals surface area contributed by atoms with E-state index in [0.29, 0.717) is 0 Å². The average Bonchev–Trinajstić information content (AvgIpc) is 3.32. The first-order valence-electron chi connectivity index (χ1n) is 11.3. The van der Waals surface area contributed by atoms with Crippen LogP contribution in [0, 0.1) is 0 Å². The summed E-state index contributed by atoms with van der Waals surface area (Å²) in [5.41, 5.74) is 6.98. The SMILES string of the molecule is COc1c(-c2ccccc2)c(N(C)C)nc2ccc(-c3c(CO)ccnc3-c3cncn3C)cc12. The third-order valence-corrected chi connectivity index (χ3v) is 6.16. The van der Waals surface area contributed by atoms with Crippen molar-refractivity contribution in [3.63, 3.8) is 0 Å². The highest BCUT2D eigenvalue weighted by Crippen LogP contribution is 2.44. The summed E-state index contributed by atoms with van der Waals surface area (Å²) < 4.78 is 7.95. The maximum atomic E-state index is 10.2. The molecular weight excluding hydrogens is 438 g/mol. The minimum Gasteiger partial charge on any atom is -0.495 e. The Morgan fingerprint density at radius 2 is 1.80 bits per heavy atom. The van der Waals surface area contributed by atoms with Crippen molar-refractivity contribution in [1.29, 1.82) is 0 Å². The number of aryl methyl sites for hydroxylation is 1. The number of fused-ring (bicyclic) bond motifs is 1. The summed E-state index contributed by atoms with van der Waals surface area (Å²) in [4.78, 5) is 15.9. The lowest BCUT2D eigenvalue weighted by molar-refractivity contribution is 0.282. The van der Waals surface area contributed by atoms with Gasteiger partial charge in [0.2, 0.25) is 0 Å². The van der Waals surface area contributed by atoms with E-state index in [4.69, 9.17) is 9.72 Å². The molecule has 0 aliphatic heterocycles. The predicted octanol–water partition coefficient (Wildman–Crippen LogP) is 4.93. The van der Waals surface area contributed by atoms with Crippen LogP contribution >= 0.6 is 0 Å². The van der Waals surface area contributed by atoms with Crippen LogP contribution in [0.4, 0.5) is 5.82 Å². The second-order valence-corrected chi connectivity index (χ2v) is 8.58. The summed E-state index contributed by atoms with van der Waals surface area (Å²) in [6, 6.07) is 18.1. The van der Waals surface area contributed by atoms with Crippen molar-refractivity contribution in [2.24, 2.45) is 7.05 Å². The fraction of sp³-hybridized carbons (Fsp3) is 0.179. The Kier molecular flexibility index (Phi) is 5.93. The van der Waals surface area contributed by atoms with Gasteiger partial charge in [-0.15, -0.1) is 0 Å². The largest absolute Gasteiger partial charge is 0.495 e. The molecule has 2 aromatic carbocycles. The van der Waals surface area contributed by atoms with Gasteiger partial charge in [0.05, 0.1) is 48.7 Å². The number of anilines is 1. The van der Waals surface area contributed by atoms with Gasteiger partial charge in [-0.1, -0.05) is 36.4 Å². The summed E-state index contributed by atoms with van der Waals surface area (Å²) in [5.74, 6) is 1.59. The monoisotopic (exact) mass is 465 g/mol. The van der Waals surface area contributed by atoms with Crippen LogP contribution in [-0.2, 0) is 13.7 Å². The van der Waals surface area contributed by atoms with Gasteiger partial charge in [-0.2, -0.15) is 0 Å².